The van der Waals surface area contributed by atoms with Gasteiger partial charge in [0.2, 0.25) is 5.91 Å². The van der Waals surface area contributed by atoms with Gasteiger partial charge in [0.15, 0.2) is 0 Å². The van der Waals surface area contributed by atoms with Gasteiger partial charge in [-0.3, -0.25) is 4.79 Å². The van der Waals surface area contributed by atoms with Gasteiger partial charge in [0.1, 0.15) is 23.3 Å². The predicted molar refractivity (Wildman–Crippen MR) is 219 cm³/mol. The van der Waals surface area contributed by atoms with E-state index in [0.29, 0.717) is 32.0 Å². The number of benzene rings is 2. The Labute approximate surface area is 336 Å². The lowest BCUT2D eigenvalue weighted by Gasteiger charge is -2.36. The summed E-state index contributed by atoms with van der Waals surface area (Å²) in [5.41, 5.74) is 5.26. The number of aromatic amines is 2. The number of hydrogen-bond donors (Lipinski definition) is 3. The predicted octanol–water partition coefficient (Wildman–Crippen LogP) is 8.54. The lowest BCUT2D eigenvalue weighted by molar-refractivity contribution is -0.139. The van der Waals surface area contributed by atoms with Crippen molar-refractivity contribution in [2.45, 2.75) is 104 Å². The number of alkyl carbamates (subject to hydrolysis) is 1. The summed E-state index contributed by atoms with van der Waals surface area (Å²) in [6, 6.07) is 15.4. The molecule has 4 heterocycles. The molecule has 0 radical (unpaired) electrons. The van der Waals surface area contributed by atoms with Crippen LogP contribution in [0.25, 0.3) is 33.6 Å². The Morgan fingerprint density at radius 1 is 0.912 bits per heavy atom. The van der Waals surface area contributed by atoms with Crippen LogP contribution in [0.15, 0.2) is 60.9 Å². The number of ether oxygens (including phenoxy) is 3. The van der Waals surface area contributed by atoms with E-state index < -0.39 is 17.7 Å². The van der Waals surface area contributed by atoms with Crippen LogP contribution in [0.5, 0.6) is 0 Å². The molecule has 1 unspecified atom stereocenters. The van der Waals surface area contributed by atoms with Crippen molar-refractivity contribution in [2.24, 2.45) is 17.8 Å². The first kappa shape index (κ1) is 41.5. The van der Waals surface area contributed by atoms with E-state index in [9.17, 15) is 14.4 Å². The number of carbonyl (C=O) groups excluding carboxylic acids is 3. The third-order valence-electron chi connectivity index (χ3n) is 11.3. The van der Waals surface area contributed by atoms with E-state index in [1.165, 1.54) is 7.11 Å². The monoisotopic (exact) mass is 781 g/mol. The molecule has 0 spiro atoms. The Morgan fingerprint density at radius 2 is 1.47 bits per heavy atom. The molecule has 2 aromatic carbocycles. The summed E-state index contributed by atoms with van der Waals surface area (Å²) in [6.45, 7) is 15.2. The number of likely N-dealkylation sites (tertiary alicyclic amines) is 1. The Kier molecular flexibility index (Phi) is 12.8. The van der Waals surface area contributed by atoms with E-state index in [4.69, 9.17) is 24.2 Å². The highest BCUT2D eigenvalue weighted by atomic mass is 16.6. The minimum atomic E-state index is -0.704. The number of nitrogens with zero attached hydrogens (tertiary/aromatic N) is 4. The van der Waals surface area contributed by atoms with Crippen LogP contribution in [0.1, 0.15) is 97.9 Å². The first-order valence-corrected chi connectivity index (χ1v) is 20.1. The first-order valence-electron chi connectivity index (χ1n) is 20.1. The molecule has 0 saturated carbocycles. The largest absolute Gasteiger partial charge is 0.453 e. The second-order valence-electron chi connectivity index (χ2n) is 17.0. The van der Waals surface area contributed by atoms with Crippen molar-refractivity contribution in [3.05, 3.63) is 72.6 Å². The maximum Gasteiger partial charge on any atom is 0.410 e. The molecule has 13 heteroatoms. The number of rotatable bonds is 11. The molecule has 3 N–H and O–H groups in total. The molecule has 6 rings (SSSR count). The van der Waals surface area contributed by atoms with Gasteiger partial charge in [-0.15, -0.1) is 0 Å². The molecule has 57 heavy (non-hydrogen) atoms. The smallest absolute Gasteiger partial charge is 0.410 e. The van der Waals surface area contributed by atoms with E-state index in [-0.39, 0.29) is 42.0 Å². The lowest BCUT2D eigenvalue weighted by atomic mass is 9.90. The van der Waals surface area contributed by atoms with Crippen LogP contribution in [0.2, 0.25) is 0 Å². The average Bonchev–Trinajstić information content (AvgIpc) is 3.95. The van der Waals surface area contributed by atoms with E-state index >= 15 is 0 Å². The SMILES string of the molecule is COC(=O)N[C@H](C(=O)N1[C@H](C)C(C)C[C@H]1c1ncc(-c2ccc(-c3ccc(-c4cnc([C@H](CC(C)C)N(C)C(=O)OC(C)(C)C)[nH]4)cc3)cc2)[nH]1)C1CCOCC1. The Hall–Kier alpha value is -5.17. The fourth-order valence-electron chi connectivity index (χ4n) is 7.95. The molecule has 3 amide bonds. The number of H-pyrrole nitrogens is 2. The summed E-state index contributed by atoms with van der Waals surface area (Å²) >= 11 is 0. The number of methoxy groups -OCH3 is 1. The van der Waals surface area contributed by atoms with Crippen LogP contribution < -0.4 is 5.32 Å². The van der Waals surface area contributed by atoms with Crippen molar-refractivity contribution in [2.75, 3.05) is 27.4 Å². The van der Waals surface area contributed by atoms with E-state index in [2.05, 4.69) is 91.5 Å². The Morgan fingerprint density at radius 3 is 2.04 bits per heavy atom. The quantitative estimate of drug-likeness (QED) is 0.137. The van der Waals surface area contributed by atoms with Crippen LogP contribution in [0, 0.1) is 17.8 Å². The van der Waals surface area contributed by atoms with Crippen LogP contribution in [0.4, 0.5) is 9.59 Å². The van der Waals surface area contributed by atoms with E-state index in [1.807, 2.05) is 38.1 Å². The summed E-state index contributed by atoms with van der Waals surface area (Å²) in [6.07, 6.45) is 5.53. The second-order valence-corrected chi connectivity index (χ2v) is 17.0. The van der Waals surface area contributed by atoms with Crippen LogP contribution in [0.3, 0.4) is 0 Å². The minimum Gasteiger partial charge on any atom is -0.453 e. The van der Waals surface area contributed by atoms with Gasteiger partial charge in [-0.2, -0.15) is 0 Å². The number of hydrogen-bond acceptors (Lipinski definition) is 8. The highest BCUT2D eigenvalue weighted by Gasteiger charge is 2.45. The third-order valence-corrected chi connectivity index (χ3v) is 11.3. The van der Waals surface area contributed by atoms with Gasteiger partial charge >= 0.3 is 12.2 Å². The first-order chi connectivity index (χ1) is 27.1. The molecular weight excluding hydrogens is 723 g/mol. The van der Waals surface area contributed by atoms with Gasteiger partial charge in [0, 0.05) is 26.3 Å². The molecule has 0 aliphatic carbocycles. The van der Waals surface area contributed by atoms with Crippen molar-refractivity contribution in [1.82, 2.24) is 35.1 Å². The fourth-order valence-corrected chi connectivity index (χ4v) is 7.95. The summed E-state index contributed by atoms with van der Waals surface area (Å²) in [7, 11) is 3.08. The summed E-state index contributed by atoms with van der Waals surface area (Å²) < 4.78 is 16.1. The highest BCUT2D eigenvalue weighted by molar-refractivity contribution is 5.87. The van der Waals surface area contributed by atoms with Crippen molar-refractivity contribution in [1.29, 1.82) is 0 Å². The van der Waals surface area contributed by atoms with Crippen LogP contribution >= 0.6 is 0 Å². The Bertz CT molecular complexity index is 1980. The van der Waals surface area contributed by atoms with Gasteiger partial charge in [-0.1, -0.05) is 69.3 Å². The summed E-state index contributed by atoms with van der Waals surface area (Å²) in [5, 5.41) is 2.85. The summed E-state index contributed by atoms with van der Waals surface area (Å²) in [5.74, 6) is 1.88. The molecule has 306 valence electrons. The molecule has 2 fully saturated rings. The molecule has 2 aliphatic rings. The van der Waals surface area contributed by atoms with Crippen molar-refractivity contribution in [3.8, 4) is 33.6 Å². The third kappa shape index (κ3) is 9.69. The number of imidazole rings is 2. The number of nitrogens with one attached hydrogen (secondary N) is 3. The standard InChI is InChI=1S/C44H59N7O6/c1-26(2)22-36(50(8)43(54)57-44(5,6)7)39-45-24-34(47-39)31-14-10-29(11-15-31)30-12-16-32(17-13-30)35-25-46-40(48-35)37-23-27(3)28(4)51(37)41(52)38(49-42(53)55-9)33-18-20-56-21-19-33/h10-17,24-28,33,36-38H,18-23H2,1-9H3,(H,45,47)(H,46,48)(H,49,53)/t27?,28-,36+,37+,38+/m1/s1. The van der Waals surface area contributed by atoms with E-state index in [0.717, 1.165) is 58.1 Å². The van der Waals surface area contributed by atoms with Gasteiger partial charge in [-0.05, 0) is 93.4 Å². The van der Waals surface area contributed by atoms with E-state index in [1.54, 1.807) is 11.9 Å². The number of aromatic nitrogens is 4. The van der Waals surface area contributed by atoms with Crippen molar-refractivity contribution in [3.63, 3.8) is 0 Å². The molecule has 2 aliphatic heterocycles. The van der Waals surface area contributed by atoms with Gasteiger partial charge in [0.25, 0.3) is 0 Å². The normalized spacial score (nSPS) is 20.0. The lowest BCUT2D eigenvalue weighted by Crippen LogP contribution is -2.54. The van der Waals surface area contributed by atoms with Gasteiger partial charge in [-0.25, -0.2) is 19.6 Å². The zero-order valence-electron chi connectivity index (χ0n) is 34.8. The van der Waals surface area contributed by atoms with Gasteiger partial charge < -0.3 is 39.3 Å². The van der Waals surface area contributed by atoms with Crippen LogP contribution in [-0.2, 0) is 19.0 Å². The fraction of sp³-hybridized carbons (Fsp3) is 0.523. The molecule has 0 bridgehead atoms. The topological polar surface area (TPSA) is 155 Å². The average molecular weight is 782 g/mol. The van der Waals surface area contributed by atoms with Crippen molar-refractivity contribution >= 4 is 18.1 Å². The molecule has 4 aromatic rings. The zero-order chi connectivity index (χ0) is 41.0. The maximum atomic E-state index is 14.3. The van der Waals surface area contributed by atoms with Gasteiger partial charge in [0.05, 0.1) is 43.0 Å². The molecule has 2 saturated heterocycles. The Balaban J connectivity index is 1.15. The number of carbonyl (C=O) groups is 3. The molecular formula is C44H59N7O6. The number of amides is 3. The molecule has 2 aromatic heterocycles. The highest BCUT2D eigenvalue weighted by Crippen LogP contribution is 2.41. The van der Waals surface area contributed by atoms with Crippen LogP contribution in [-0.4, -0.2) is 92.9 Å². The summed E-state index contributed by atoms with van der Waals surface area (Å²) in [4.78, 5) is 59.6. The minimum absolute atomic E-state index is 0.0357. The zero-order valence-corrected chi connectivity index (χ0v) is 34.8. The van der Waals surface area contributed by atoms with Crippen molar-refractivity contribution < 1.29 is 28.6 Å². The molecule has 5 atom stereocenters. The maximum absolute atomic E-state index is 14.3. The molecule has 13 nitrogen and oxygen atoms in total. The second kappa shape index (κ2) is 17.5.